The van der Waals surface area contributed by atoms with E-state index in [1.54, 1.807) is 30.9 Å². The molecule has 0 aliphatic rings. The molecule has 4 aromatic rings. The number of pyridine rings is 1. The standard InChI is InChI=1S/C18H15N5O2/c1-22-16(20-21-17(22)13-5-3-2-4-6-13)11-25-18(24)14-7-8-23-12-19-10-15(23)9-14/h2-10,12H,11H2,1H3. The molecule has 0 unspecified atom stereocenters. The second-order valence-corrected chi connectivity index (χ2v) is 5.58. The van der Waals surface area contributed by atoms with Crippen LogP contribution in [0, 0.1) is 0 Å². The molecule has 0 spiro atoms. The van der Waals surface area contributed by atoms with Gasteiger partial charge in [0.15, 0.2) is 18.3 Å². The summed E-state index contributed by atoms with van der Waals surface area (Å²) in [5.41, 5.74) is 2.26. The van der Waals surface area contributed by atoms with Crippen molar-refractivity contribution >= 4 is 11.5 Å². The number of carbonyl (C=O) groups excluding carboxylic acids is 1. The first-order valence-electron chi connectivity index (χ1n) is 7.75. The summed E-state index contributed by atoms with van der Waals surface area (Å²) in [6.07, 6.45) is 5.13. The van der Waals surface area contributed by atoms with Crippen LogP contribution in [0.4, 0.5) is 0 Å². The van der Waals surface area contributed by atoms with E-state index in [1.807, 2.05) is 46.3 Å². The van der Waals surface area contributed by atoms with Crippen molar-refractivity contribution < 1.29 is 9.53 Å². The molecule has 0 amide bonds. The molecule has 124 valence electrons. The van der Waals surface area contributed by atoms with Crippen molar-refractivity contribution in [1.82, 2.24) is 24.1 Å². The SMILES string of the molecule is Cn1c(COC(=O)c2ccn3cncc3c2)nnc1-c1ccccc1. The van der Waals surface area contributed by atoms with Gasteiger partial charge in [0.05, 0.1) is 23.6 Å². The fraction of sp³-hybridized carbons (Fsp3) is 0.111. The smallest absolute Gasteiger partial charge is 0.338 e. The van der Waals surface area contributed by atoms with E-state index >= 15 is 0 Å². The number of benzene rings is 1. The first-order chi connectivity index (χ1) is 12.2. The van der Waals surface area contributed by atoms with Crippen molar-refractivity contribution in [3.8, 4) is 11.4 Å². The maximum atomic E-state index is 12.3. The lowest BCUT2D eigenvalue weighted by molar-refractivity contribution is 0.0459. The Morgan fingerprint density at radius 3 is 2.84 bits per heavy atom. The number of hydrogen-bond acceptors (Lipinski definition) is 5. The fourth-order valence-electron chi connectivity index (χ4n) is 2.59. The Labute approximate surface area is 143 Å². The van der Waals surface area contributed by atoms with E-state index in [0.717, 1.165) is 16.9 Å². The Bertz CT molecular complexity index is 1040. The molecule has 0 N–H and O–H groups in total. The number of rotatable bonds is 4. The number of carbonyl (C=O) groups is 1. The van der Waals surface area contributed by atoms with Gasteiger partial charge in [-0.25, -0.2) is 9.78 Å². The van der Waals surface area contributed by atoms with Crippen molar-refractivity contribution in [2.75, 3.05) is 0 Å². The van der Waals surface area contributed by atoms with Crippen LogP contribution < -0.4 is 0 Å². The minimum atomic E-state index is -0.409. The van der Waals surface area contributed by atoms with Gasteiger partial charge >= 0.3 is 5.97 Å². The third kappa shape index (κ3) is 2.87. The van der Waals surface area contributed by atoms with Gasteiger partial charge in [0, 0.05) is 18.8 Å². The van der Waals surface area contributed by atoms with Crippen LogP contribution in [0.15, 0.2) is 61.2 Å². The summed E-state index contributed by atoms with van der Waals surface area (Å²) in [4.78, 5) is 16.3. The Balaban J connectivity index is 1.49. The molecule has 0 fully saturated rings. The molecule has 0 atom stereocenters. The third-order valence-electron chi connectivity index (χ3n) is 3.98. The lowest BCUT2D eigenvalue weighted by Gasteiger charge is -2.06. The van der Waals surface area contributed by atoms with Gasteiger partial charge in [0.25, 0.3) is 0 Å². The average Bonchev–Trinajstić information content (AvgIpc) is 3.26. The largest absolute Gasteiger partial charge is 0.454 e. The van der Waals surface area contributed by atoms with Gasteiger partial charge in [-0.15, -0.1) is 10.2 Å². The number of hydrogen-bond donors (Lipinski definition) is 0. The highest BCUT2D eigenvalue weighted by Crippen LogP contribution is 2.17. The van der Waals surface area contributed by atoms with Crippen LogP contribution in [0.1, 0.15) is 16.2 Å². The third-order valence-corrected chi connectivity index (χ3v) is 3.98. The van der Waals surface area contributed by atoms with Crippen LogP contribution in [-0.2, 0) is 18.4 Å². The van der Waals surface area contributed by atoms with Crippen LogP contribution >= 0.6 is 0 Å². The molecule has 7 nitrogen and oxygen atoms in total. The van der Waals surface area contributed by atoms with Crippen LogP contribution in [0.2, 0.25) is 0 Å². The zero-order chi connectivity index (χ0) is 17.2. The molecule has 0 saturated carbocycles. The Morgan fingerprint density at radius 2 is 2.00 bits per heavy atom. The number of aromatic nitrogens is 5. The molecule has 1 aromatic carbocycles. The Kier molecular flexibility index (Phi) is 3.74. The lowest BCUT2D eigenvalue weighted by Crippen LogP contribution is -2.09. The van der Waals surface area contributed by atoms with Gasteiger partial charge < -0.3 is 13.7 Å². The molecule has 0 bridgehead atoms. The van der Waals surface area contributed by atoms with E-state index in [1.165, 1.54) is 0 Å². The summed E-state index contributed by atoms with van der Waals surface area (Å²) >= 11 is 0. The number of ether oxygens (including phenoxy) is 1. The fourth-order valence-corrected chi connectivity index (χ4v) is 2.59. The summed E-state index contributed by atoms with van der Waals surface area (Å²) < 4.78 is 9.02. The molecule has 0 radical (unpaired) electrons. The zero-order valence-corrected chi connectivity index (χ0v) is 13.5. The summed E-state index contributed by atoms with van der Waals surface area (Å²) in [5, 5.41) is 8.30. The molecule has 0 aliphatic carbocycles. The molecule has 7 heteroatoms. The maximum Gasteiger partial charge on any atom is 0.338 e. The second kappa shape index (κ2) is 6.20. The van der Waals surface area contributed by atoms with E-state index < -0.39 is 5.97 Å². The molecule has 25 heavy (non-hydrogen) atoms. The van der Waals surface area contributed by atoms with Crippen molar-refractivity contribution in [2.24, 2.45) is 7.05 Å². The molecular weight excluding hydrogens is 318 g/mol. The quantitative estimate of drug-likeness (QED) is 0.536. The highest BCUT2D eigenvalue weighted by molar-refractivity contribution is 5.90. The summed E-state index contributed by atoms with van der Waals surface area (Å²) in [6, 6.07) is 13.2. The summed E-state index contributed by atoms with van der Waals surface area (Å²) in [6.45, 7) is 0.0552. The highest BCUT2D eigenvalue weighted by atomic mass is 16.5. The normalized spacial score (nSPS) is 10.9. The minimum absolute atomic E-state index is 0.0552. The topological polar surface area (TPSA) is 74.3 Å². The van der Waals surface area contributed by atoms with E-state index in [-0.39, 0.29) is 6.61 Å². The number of nitrogens with zero attached hydrogens (tertiary/aromatic N) is 5. The van der Waals surface area contributed by atoms with Crippen molar-refractivity contribution in [1.29, 1.82) is 0 Å². The number of esters is 1. The zero-order valence-electron chi connectivity index (χ0n) is 13.5. The van der Waals surface area contributed by atoms with Gasteiger partial charge in [0.2, 0.25) is 0 Å². The molecule has 0 aliphatic heterocycles. The second-order valence-electron chi connectivity index (χ2n) is 5.58. The van der Waals surface area contributed by atoms with Gasteiger partial charge in [-0.1, -0.05) is 30.3 Å². The predicted octanol–water partition coefficient (Wildman–Crippen LogP) is 2.49. The molecule has 0 saturated heterocycles. The van der Waals surface area contributed by atoms with Crippen molar-refractivity contribution in [3.05, 3.63) is 72.6 Å². The first-order valence-corrected chi connectivity index (χ1v) is 7.75. The van der Waals surface area contributed by atoms with Gasteiger partial charge in [-0.3, -0.25) is 0 Å². The first kappa shape index (κ1) is 15.1. The van der Waals surface area contributed by atoms with Crippen molar-refractivity contribution in [2.45, 2.75) is 6.61 Å². The highest BCUT2D eigenvalue weighted by Gasteiger charge is 2.14. The van der Waals surface area contributed by atoms with Crippen LogP contribution in [0.3, 0.4) is 0 Å². The van der Waals surface area contributed by atoms with Crippen LogP contribution in [0.25, 0.3) is 16.9 Å². The van der Waals surface area contributed by atoms with E-state index in [2.05, 4.69) is 15.2 Å². The minimum Gasteiger partial charge on any atom is -0.454 e. The molecule has 3 aromatic heterocycles. The predicted molar refractivity (Wildman–Crippen MR) is 90.8 cm³/mol. The maximum absolute atomic E-state index is 12.3. The molecular formula is C18H15N5O2. The summed E-state index contributed by atoms with van der Waals surface area (Å²) in [7, 11) is 1.85. The van der Waals surface area contributed by atoms with Crippen LogP contribution in [0.5, 0.6) is 0 Å². The lowest BCUT2D eigenvalue weighted by atomic mass is 10.2. The number of imidazole rings is 1. The summed E-state index contributed by atoms with van der Waals surface area (Å²) in [5.74, 6) is 0.901. The average molecular weight is 333 g/mol. The van der Waals surface area contributed by atoms with Gasteiger partial charge in [-0.05, 0) is 12.1 Å². The number of fused-ring (bicyclic) bond motifs is 1. The Hall–Kier alpha value is -3.48. The van der Waals surface area contributed by atoms with E-state index in [4.69, 9.17) is 4.74 Å². The Morgan fingerprint density at radius 1 is 1.16 bits per heavy atom. The van der Waals surface area contributed by atoms with E-state index in [9.17, 15) is 4.79 Å². The van der Waals surface area contributed by atoms with Crippen molar-refractivity contribution in [3.63, 3.8) is 0 Å². The monoisotopic (exact) mass is 333 g/mol. The molecule has 3 heterocycles. The van der Waals surface area contributed by atoms with Gasteiger partial charge in [0.1, 0.15) is 0 Å². The van der Waals surface area contributed by atoms with E-state index in [0.29, 0.717) is 11.4 Å². The van der Waals surface area contributed by atoms with Crippen LogP contribution in [-0.4, -0.2) is 30.1 Å². The van der Waals surface area contributed by atoms with Gasteiger partial charge in [-0.2, -0.15) is 0 Å². The molecule has 4 rings (SSSR count).